The first kappa shape index (κ1) is 11.7. The summed E-state index contributed by atoms with van der Waals surface area (Å²) in [5.74, 6) is -0.0936. The number of nitrogens with zero attached hydrogens (tertiary/aromatic N) is 2. The molecule has 1 heterocycles. The number of aromatic amines is 1. The maximum atomic E-state index is 11.9. The maximum absolute atomic E-state index is 11.9. The van der Waals surface area contributed by atoms with Gasteiger partial charge in [-0.25, -0.2) is 0 Å². The van der Waals surface area contributed by atoms with Crippen LogP contribution in [0.1, 0.15) is 30.0 Å². The third kappa shape index (κ3) is 2.56. The predicted octanol–water partition coefficient (Wildman–Crippen LogP) is 0.391. The van der Waals surface area contributed by atoms with Crippen molar-refractivity contribution < 1.29 is 4.79 Å². The van der Waals surface area contributed by atoms with Crippen molar-refractivity contribution in [2.45, 2.75) is 26.3 Å². The van der Waals surface area contributed by atoms with Crippen molar-refractivity contribution in [1.82, 2.24) is 15.1 Å². The van der Waals surface area contributed by atoms with Crippen LogP contribution >= 0.6 is 0 Å². The molecule has 0 saturated heterocycles. The molecule has 84 valence electrons. The smallest absolute Gasteiger partial charge is 0.274 e. The lowest BCUT2D eigenvalue weighted by Gasteiger charge is -2.22. The van der Waals surface area contributed by atoms with E-state index in [4.69, 9.17) is 5.73 Å². The minimum absolute atomic E-state index is 0.0271. The molecule has 0 spiro atoms. The first-order chi connectivity index (χ1) is 7.10. The van der Waals surface area contributed by atoms with Crippen molar-refractivity contribution in [3.05, 3.63) is 17.5 Å². The van der Waals surface area contributed by atoms with Gasteiger partial charge in [0.2, 0.25) is 0 Å². The predicted molar refractivity (Wildman–Crippen MR) is 58.6 cm³/mol. The van der Waals surface area contributed by atoms with Crippen LogP contribution in [0.4, 0.5) is 0 Å². The zero-order valence-electron chi connectivity index (χ0n) is 9.45. The van der Waals surface area contributed by atoms with Crippen molar-refractivity contribution in [2.75, 3.05) is 13.6 Å². The Labute approximate surface area is 89.6 Å². The number of nitrogens with two attached hydrogens (primary N) is 1. The molecule has 0 aliphatic heterocycles. The highest BCUT2D eigenvalue weighted by Gasteiger charge is 2.18. The van der Waals surface area contributed by atoms with Crippen LogP contribution in [0.5, 0.6) is 0 Å². The molecule has 5 heteroatoms. The van der Waals surface area contributed by atoms with Crippen LogP contribution < -0.4 is 5.73 Å². The van der Waals surface area contributed by atoms with E-state index in [9.17, 15) is 4.79 Å². The fourth-order valence-corrected chi connectivity index (χ4v) is 1.19. The summed E-state index contributed by atoms with van der Waals surface area (Å²) in [6, 6.07) is 1.81. The van der Waals surface area contributed by atoms with Crippen molar-refractivity contribution in [2.24, 2.45) is 5.73 Å². The van der Waals surface area contributed by atoms with Gasteiger partial charge in [0.15, 0.2) is 0 Å². The Morgan fingerprint density at radius 3 is 2.87 bits per heavy atom. The van der Waals surface area contributed by atoms with Gasteiger partial charge in [-0.15, -0.1) is 0 Å². The normalized spacial score (nSPS) is 12.5. The zero-order valence-corrected chi connectivity index (χ0v) is 9.45. The lowest BCUT2D eigenvalue weighted by Crippen LogP contribution is -2.39. The molecule has 5 nitrogen and oxygen atoms in total. The number of nitrogens with one attached hydrogen (secondary N) is 1. The highest BCUT2D eigenvalue weighted by atomic mass is 16.2. The van der Waals surface area contributed by atoms with Crippen molar-refractivity contribution >= 4 is 5.91 Å². The van der Waals surface area contributed by atoms with Crippen molar-refractivity contribution in [3.63, 3.8) is 0 Å². The summed E-state index contributed by atoms with van der Waals surface area (Å²) in [7, 11) is 1.74. The van der Waals surface area contributed by atoms with Crippen LogP contribution in [0.2, 0.25) is 0 Å². The Kier molecular flexibility index (Phi) is 3.85. The Hall–Kier alpha value is -1.36. The van der Waals surface area contributed by atoms with E-state index >= 15 is 0 Å². The van der Waals surface area contributed by atoms with E-state index in [0.717, 1.165) is 12.1 Å². The SMILES string of the molecule is CCc1cc(C(=O)N(C)C(C)CN)n[nH]1. The Bertz CT molecular complexity index is 334. The molecule has 15 heavy (non-hydrogen) atoms. The van der Waals surface area contributed by atoms with E-state index in [1.165, 1.54) is 0 Å². The molecule has 0 radical (unpaired) electrons. The van der Waals surface area contributed by atoms with E-state index in [1.807, 2.05) is 13.8 Å². The van der Waals surface area contributed by atoms with Crippen molar-refractivity contribution in [1.29, 1.82) is 0 Å². The van der Waals surface area contributed by atoms with Gasteiger partial charge in [0.05, 0.1) is 0 Å². The van der Waals surface area contributed by atoms with Gasteiger partial charge in [-0.3, -0.25) is 9.89 Å². The van der Waals surface area contributed by atoms with E-state index in [-0.39, 0.29) is 11.9 Å². The Balaban J connectivity index is 2.75. The number of carbonyl (C=O) groups is 1. The zero-order chi connectivity index (χ0) is 11.4. The molecule has 1 aromatic rings. The quantitative estimate of drug-likeness (QED) is 0.755. The average molecular weight is 210 g/mol. The second-order valence-corrected chi connectivity index (χ2v) is 3.63. The molecule has 0 aliphatic rings. The summed E-state index contributed by atoms with van der Waals surface area (Å²) in [5, 5.41) is 6.79. The minimum Gasteiger partial charge on any atom is -0.336 e. The topological polar surface area (TPSA) is 75.0 Å². The highest BCUT2D eigenvalue weighted by molar-refractivity contribution is 5.92. The van der Waals surface area contributed by atoms with Gasteiger partial charge >= 0.3 is 0 Å². The van der Waals surface area contributed by atoms with E-state index in [0.29, 0.717) is 12.2 Å². The number of hydrogen-bond acceptors (Lipinski definition) is 3. The summed E-state index contributed by atoms with van der Waals surface area (Å²) in [6.45, 7) is 4.37. The number of rotatable bonds is 4. The lowest BCUT2D eigenvalue weighted by atomic mass is 10.2. The molecule has 3 N–H and O–H groups in total. The first-order valence-electron chi connectivity index (χ1n) is 5.11. The fourth-order valence-electron chi connectivity index (χ4n) is 1.19. The minimum atomic E-state index is -0.0936. The number of carbonyl (C=O) groups excluding carboxylic acids is 1. The van der Waals surface area contributed by atoms with Crippen LogP contribution in [-0.2, 0) is 6.42 Å². The van der Waals surface area contributed by atoms with Crippen LogP contribution in [0.15, 0.2) is 6.07 Å². The van der Waals surface area contributed by atoms with E-state index in [2.05, 4.69) is 10.2 Å². The van der Waals surface area contributed by atoms with Gasteiger partial charge in [0.1, 0.15) is 5.69 Å². The van der Waals surface area contributed by atoms with Gasteiger partial charge in [-0.1, -0.05) is 6.92 Å². The molecule has 0 aromatic carbocycles. The molecule has 1 atom stereocenters. The monoisotopic (exact) mass is 210 g/mol. The molecule has 0 bridgehead atoms. The summed E-state index contributed by atoms with van der Waals surface area (Å²) < 4.78 is 0. The number of hydrogen-bond donors (Lipinski definition) is 2. The van der Waals surface area contributed by atoms with Crippen molar-refractivity contribution in [3.8, 4) is 0 Å². The molecule has 0 fully saturated rings. The van der Waals surface area contributed by atoms with Crippen LogP contribution in [0, 0.1) is 0 Å². The second-order valence-electron chi connectivity index (χ2n) is 3.63. The fraction of sp³-hybridized carbons (Fsp3) is 0.600. The van der Waals surface area contributed by atoms with Gasteiger partial charge in [0, 0.05) is 25.3 Å². The number of aromatic nitrogens is 2. The lowest BCUT2D eigenvalue weighted by molar-refractivity contribution is 0.0742. The molecule has 1 rings (SSSR count). The average Bonchev–Trinajstić information content (AvgIpc) is 2.74. The summed E-state index contributed by atoms with van der Waals surface area (Å²) in [6.07, 6.45) is 0.844. The second kappa shape index (κ2) is 4.93. The molecule has 0 aliphatic carbocycles. The van der Waals surface area contributed by atoms with Crippen LogP contribution in [0.25, 0.3) is 0 Å². The molecular weight excluding hydrogens is 192 g/mol. The Morgan fingerprint density at radius 2 is 2.40 bits per heavy atom. The maximum Gasteiger partial charge on any atom is 0.274 e. The Morgan fingerprint density at radius 1 is 1.73 bits per heavy atom. The van der Waals surface area contributed by atoms with Gasteiger partial charge < -0.3 is 10.6 Å². The highest BCUT2D eigenvalue weighted by Crippen LogP contribution is 2.05. The first-order valence-corrected chi connectivity index (χ1v) is 5.11. The third-order valence-electron chi connectivity index (χ3n) is 2.55. The van der Waals surface area contributed by atoms with Gasteiger partial charge in [-0.05, 0) is 19.4 Å². The van der Waals surface area contributed by atoms with Crippen LogP contribution in [0.3, 0.4) is 0 Å². The van der Waals surface area contributed by atoms with Gasteiger partial charge in [0.25, 0.3) is 5.91 Å². The molecular formula is C10H18N4O. The van der Waals surface area contributed by atoms with Gasteiger partial charge in [-0.2, -0.15) is 5.10 Å². The summed E-state index contributed by atoms with van der Waals surface area (Å²) >= 11 is 0. The number of amides is 1. The number of H-pyrrole nitrogens is 1. The largest absolute Gasteiger partial charge is 0.336 e. The van der Waals surface area contributed by atoms with Crippen LogP contribution in [-0.4, -0.2) is 40.6 Å². The van der Waals surface area contributed by atoms with E-state index < -0.39 is 0 Å². The third-order valence-corrected chi connectivity index (χ3v) is 2.55. The molecule has 1 amide bonds. The van der Waals surface area contributed by atoms with E-state index in [1.54, 1.807) is 18.0 Å². The number of likely N-dealkylation sites (N-methyl/N-ethyl adjacent to an activating group) is 1. The molecule has 1 unspecified atom stereocenters. The summed E-state index contributed by atoms with van der Waals surface area (Å²) in [5.41, 5.74) is 6.92. The summed E-state index contributed by atoms with van der Waals surface area (Å²) in [4.78, 5) is 13.5. The number of aryl methyl sites for hydroxylation is 1. The molecule has 0 saturated carbocycles. The standard InChI is InChI=1S/C10H18N4O/c1-4-8-5-9(13-12-8)10(15)14(3)7(2)6-11/h5,7H,4,6,11H2,1-3H3,(H,12,13). The molecule has 1 aromatic heterocycles.